The molecule has 0 bridgehead atoms. The first-order valence-corrected chi connectivity index (χ1v) is 0. The fourth-order valence-corrected chi connectivity index (χ4v) is 0. The van der Waals surface area contributed by atoms with Gasteiger partial charge in [-0.1, -0.05) is 0 Å². The van der Waals surface area contributed by atoms with Gasteiger partial charge in [0.2, 0.25) is 0 Å². The van der Waals surface area contributed by atoms with Gasteiger partial charge in [0.25, 0.3) is 0 Å². The van der Waals surface area contributed by atoms with Crippen LogP contribution in [0.25, 0.3) is 0 Å². The number of hydrogen-bond donors (Lipinski definition) is 0. The van der Waals surface area contributed by atoms with Gasteiger partial charge < -0.3 is 0 Å². The third kappa shape index (κ3) is 8.85. The molecule has 0 spiro atoms. The van der Waals surface area contributed by atoms with E-state index in [0.29, 0.717) is 0 Å². The minimum absolute atomic E-state index is 0. The molecule has 0 aliphatic carbocycles. The third-order valence-electron chi connectivity index (χ3n) is 0. The summed E-state index contributed by atoms with van der Waals surface area (Å²) in [5.41, 5.74) is 0. The molecule has 4 heteroatoms. The molecule has 0 rings (SSSR count). The molecular formula is H2Co2NiSn. The molecule has 0 aromatic heterocycles. The van der Waals surface area contributed by atoms with Crippen molar-refractivity contribution in [1.29, 1.82) is 0 Å². The van der Waals surface area contributed by atoms with Crippen molar-refractivity contribution in [1.82, 2.24) is 0 Å². The molecule has 0 heterocycles. The summed E-state index contributed by atoms with van der Waals surface area (Å²) < 4.78 is 0. The fraction of sp³-hybridized carbons (Fsp3) is 0. The van der Waals surface area contributed by atoms with Gasteiger partial charge in [-0.2, -0.15) is 0 Å². The van der Waals surface area contributed by atoms with E-state index in [1.54, 1.807) is 0 Å². The molecule has 4 heavy (non-hydrogen) atoms. The van der Waals surface area contributed by atoms with E-state index >= 15 is 0 Å². The maximum absolute atomic E-state index is 0. The Balaban J connectivity index is 0. The van der Waals surface area contributed by atoms with Crippen molar-refractivity contribution in [2.75, 3.05) is 0 Å². The molecule has 4 radical (unpaired) electrons. The Kier molecular flexibility index (Phi) is 154. The van der Waals surface area contributed by atoms with Gasteiger partial charge in [-0.25, -0.2) is 0 Å². The summed E-state index contributed by atoms with van der Waals surface area (Å²) in [7, 11) is 0. The SMILES string of the molecule is [Co].[Co].[Ni].[SnH2]. The molecule has 0 saturated heterocycles. The first-order chi connectivity index (χ1) is 0. The Morgan fingerprint density at radius 3 is 0.750 bits per heavy atom. The molecule has 0 unspecified atom stereocenters. The Labute approximate surface area is 73.1 Å². The summed E-state index contributed by atoms with van der Waals surface area (Å²) in [6.45, 7) is 0. The summed E-state index contributed by atoms with van der Waals surface area (Å²) in [6.07, 6.45) is 0. The van der Waals surface area contributed by atoms with Crippen molar-refractivity contribution in [2.24, 2.45) is 0 Å². The molecule has 0 N–H and O–H groups in total. The van der Waals surface area contributed by atoms with Gasteiger partial charge >= 0.3 is 23.9 Å². The zero-order chi connectivity index (χ0) is 0. The van der Waals surface area contributed by atoms with Crippen molar-refractivity contribution >= 4 is 23.9 Å². The Morgan fingerprint density at radius 2 is 0.750 bits per heavy atom. The van der Waals surface area contributed by atoms with E-state index in [1.165, 1.54) is 0 Å². The summed E-state index contributed by atoms with van der Waals surface area (Å²) >= 11 is 0. The number of hydrogen-bond acceptors (Lipinski definition) is 0. The van der Waals surface area contributed by atoms with E-state index in [4.69, 9.17) is 0 Å². The van der Waals surface area contributed by atoms with Crippen molar-refractivity contribution in [3.8, 4) is 0 Å². The van der Waals surface area contributed by atoms with E-state index in [9.17, 15) is 0 Å². The molecule has 0 aromatic carbocycles. The second-order valence-corrected chi connectivity index (χ2v) is 0. The van der Waals surface area contributed by atoms with Gasteiger partial charge in [0.1, 0.15) is 0 Å². The van der Waals surface area contributed by atoms with Crippen LogP contribution in [0.5, 0.6) is 0 Å². The van der Waals surface area contributed by atoms with Gasteiger partial charge in [-0.3, -0.25) is 0 Å². The van der Waals surface area contributed by atoms with Gasteiger partial charge in [-0.05, 0) is 0 Å². The van der Waals surface area contributed by atoms with Crippen LogP contribution in [-0.2, 0) is 50.0 Å². The van der Waals surface area contributed by atoms with Crippen LogP contribution in [0.4, 0.5) is 0 Å². The van der Waals surface area contributed by atoms with Crippen LogP contribution in [0.2, 0.25) is 0 Å². The molecule has 0 aromatic rings. The van der Waals surface area contributed by atoms with E-state index < -0.39 is 0 Å². The monoisotopic (exact) mass is 298 g/mol. The first-order valence-electron chi connectivity index (χ1n) is 0. The Morgan fingerprint density at radius 1 is 0.750 bits per heavy atom. The van der Waals surface area contributed by atoms with E-state index in [0.717, 1.165) is 0 Å². The second-order valence-electron chi connectivity index (χ2n) is 0. The Bertz CT molecular complexity index is 6.00. The fourth-order valence-electron chi connectivity index (χ4n) is 0. The second kappa shape index (κ2) is 18.5. The molecule has 0 saturated carbocycles. The van der Waals surface area contributed by atoms with E-state index in [2.05, 4.69) is 0 Å². The predicted molar refractivity (Wildman–Crippen MR) is 8.54 cm³/mol. The van der Waals surface area contributed by atoms with Gasteiger partial charge in [0.15, 0.2) is 0 Å². The molecule has 34 valence electrons. The van der Waals surface area contributed by atoms with Crippen molar-refractivity contribution < 1.29 is 50.0 Å². The number of rotatable bonds is 0. The molecule has 0 aliphatic rings. The van der Waals surface area contributed by atoms with Crippen molar-refractivity contribution in [3.05, 3.63) is 0 Å². The quantitative estimate of drug-likeness (QED) is 0.507. The molecule has 0 aliphatic heterocycles. The maximum atomic E-state index is 0. The van der Waals surface area contributed by atoms with Crippen molar-refractivity contribution in [3.63, 3.8) is 0 Å². The zero-order valence-corrected chi connectivity index (χ0v) is 8.80. The topological polar surface area (TPSA) is 0 Å². The summed E-state index contributed by atoms with van der Waals surface area (Å²) in [4.78, 5) is 0. The molecule has 0 nitrogen and oxygen atoms in total. The first kappa shape index (κ1) is 33.4. The summed E-state index contributed by atoms with van der Waals surface area (Å²) in [6, 6.07) is 0. The standard InChI is InChI=1S/2Co.Ni.Sn.2H. The van der Waals surface area contributed by atoms with Crippen molar-refractivity contribution in [2.45, 2.75) is 0 Å². The van der Waals surface area contributed by atoms with Gasteiger partial charge in [0, 0.05) is 50.0 Å². The summed E-state index contributed by atoms with van der Waals surface area (Å²) in [5.74, 6) is 0. The molecule has 0 amide bonds. The average Bonchev–Trinajstić information content (AvgIpc) is 0. The third-order valence-corrected chi connectivity index (χ3v) is 0. The Hall–Kier alpha value is 2.31. The van der Waals surface area contributed by atoms with Gasteiger partial charge in [-0.15, -0.1) is 0 Å². The van der Waals surface area contributed by atoms with Crippen LogP contribution in [-0.4, -0.2) is 23.9 Å². The minimum atomic E-state index is 0. The van der Waals surface area contributed by atoms with Crippen LogP contribution in [0, 0.1) is 0 Å². The summed E-state index contributed by atoms with van der Waals surface area (Å²) in [5, 5.41) is 0. The normalized spacial score (nSPS) is 0. The zero-order valence-electron chi connectivity index (χ0n) is 1.69. The van der Waals surface area contributed by atoms with Gasteiger partial charge in [0.05, 0.1) is 0 Å². The van der Waals surface area contributed by atoms with Crippen LogP contribution >= 0.6 is 0 Å². The van der Waals surface area contributed by atoms with Crippen LogP contribution in [0.1, 0.15) is 0 Å². The average molecular weight is 297 g/mol. The van der Waals surface area contributed by atoms with E-state index in [-0.39, 0.29) is 74.0 Å². The van der Waals surface area contributed by atoms with Crippen LogP contribution < -0.4 is 0 Å². The molecule has 0 atom stereocenters. The van der Waals surface area contributed by atoms with Crippen LogP contribution in [0.3, 0.4) is 0 Å². The molecular weight excluding hydrogens is 295 g/mol. The molecule has 0 fully saturated rings. The predicted octanol–water partition coefficient (Wildman–Crippen LogP) is -0.924. The van der Waals surface area contributed by atoms with E-state index in [1.807, 2.05) is 0 Å². The van der Waals surface area contributed by atoms with Crippen LogP contribution in [0.15, 0.2) is 0 Å².